The predicted molar refractivity (Wildman–Crippen MR) is 64.7 cm³/mol. The van der Waals surface area contributed by atoms with E-state index < -0.39 is 0 Å². The summed E-state index contributed by atoms with van der Waals surface area (Å²) < 4.78 is 0. The van der Waals surface area contributed by atoms with Crippen molar-refractivity contribution in [2.45, 2.75) is 26.7 Å². The molecule has 0 bridgehead atoms. The molecule has 1 fully saturated rings. The third-order valence-corrected chi connectivity index (χ3v) is 4.26. The summed E-state index contributed by atoms with van der Waals surface area (Å²) in [6.07, 6.45) is 0. The van der Waals surface area contributed by atoms with Gasteiger partial charge in [0.05, 0.1) is 0 Å². The highest BCUT2D eigenvalue weighted by Crippen LogP contribution is 2.63. The predicted octanol–water partition coefficient (Wildman–Crippen LogP) is 3.02. The van der Waals surface area contributed by atoms with Crippen LogP contribution in [0.3, 0.4) is 0 Å². The van der Waals surface area contributed by atoms with E-state index in [2.05, 4.69) is 51.1 Å². The Morgan fingerprint density at radius 1 is 1.27 bits per heavy atom. The van der Waals surface area contributed by atoms with Gasteiger partial charge in [0.2, 0.25) is 0 Å². The maximum Gasteiger partial charge on any atom is -0.00406 e. The molecule has 1 nitrogen and oxygen atoms in total. The normalized spacial score (nSPS) is 29.9. The van der Waals surface area contributed by atoms with Gasteiger partial charge in [-0.05, 0) is 35.3 Å². The van der Waals surface area contributed by atoms with Crippen molar-refractivity contribution < 1.29 is 0 Å². The van der Waals surface area contributed by atoms with Gasteiger partial charge in [-0.15, -0.1) is 0 Å². The van der Waals surface area contributed by atoms with E-state index in [1.807, 2.05) is 0 Å². The molecule has 1 aromatic carbocycles. The summed E-state index contributed by atoms with van der Waals surface area (Å²) in [7, 11) is 0. The van der Waals surface area contributed by atoms with Gasteiger partial charge in [-0.3, -0.25) is 0 Å². The van der Waals surface area contributed by atoms with Gasteiger partial charge in [-0.25, -0.2) is 0 Å². The average molecular weight is 203 g/mol. The fourth-order valence-corrected chi connectivity index (χ4v) is 3.19. The van der Waals surface area contributed by atoms with E-state index in [-0.39, 0.29) is 0 Å². The van der Waals surface area contributed by atoms with Crippen molar-refractivity contribution in [1.29, 1.82) is 0 Å². The van der Waals surface area contributed by atoms with E-state index in [9.17, 15) is 0 Å². The first-order valence-corrected chi connectivity index (χ1v) is 5.84. The lowest BCUT2D eigenvalue weighted by molar-refractivity contribution is 0.501. The summed E-state index contributed by atoms with van der Waals surface area (Å²) >= 11 is 0. The van der Waals surface area contributed by atoms with Gasteiger partial charge < -0.3 is 5.73 Å². The van der Waals surface area contributed by atoms with Crippen LogP contribution < -0.4 is 5.73 Å². The second-order valence-corrected chi connectivity index (χ2v) is 5.39. The van der Waals surface area contributed by atoms with Crippen molar-refractivity contribution in [3.63, 3.8) is 0 Å². The number of hydrogen-bond acceptors (Lipinski definition) is 1. The monoisotopic (exact) mass is 203 g/mol. The lowest BCUT2D eigenvalue weighted by atomic mass is 9.92. The van der Waals surface area contributed by atoms with Gasteiger partial charge >= 0.3 is 0 Å². The molecule has 82 valence electrons. The van der Waals surface area contributed by atoms with E-state index in [1.54, 1.807) is 0 Å². The highest BCUT2D eigenvalue weighted by Gasteiger charge is 2.58. The summed E-state index contributed by atoms with van der Waals surface area (Å²) in [4.78, 5) is 0. The molecule has 1 aromatic rings. The number of rotatable bonds is 3. The molecular formula is C14H21N. The minimum Gasteiger partial charge on any atom is -0.330 e. The molecule has 3 atom stereocenters. The zero-order chi connectivity index (χ0) is 11.1. The molecule has 1 aliphatic rings. The van der Waals surface area contributed by atoms with Crippen LogP contribution >= 0.6 is 0 Å². The van der Waals surface area contributed by atoms with Gasteiger partial charge in [0.25, 0.3) is 0 Å². The largest absolute Gasteiger partial charge is 0.330 e. The second kappa shape index (κ2) is 3.64. The molecule has 0 heterocycles. The summed E-state index contributed by atoms with van der Waals surface area (Å²) in [6.45, 7) is 7.84. The molecule has 1 unspecified atom stereocenters. The lowest BCUT2D eigenvalue weighted by Crippen LogP contribution is -2.06. The summed E-state index contributed by atoms with van der Waals surface area (Å²) in [5, 5.41) is 0. The SMILES string of the molecule is CC(c1ccccc1)[C@@H]1[C@@H](CN)C1(C)C. The molecule has 2 rings (SSSR count). The first-order valence-electron chi connectivity index (χ1n) is 5.84. The van der Waals surface area contributed by atoms with Crippen molar-refractivity contribution in [2.75, 3.05) is 6.54 Å². The van der Waals surface area contributed by atoms with Crippen LogP contribution in [0.2, 0.25) is 0 Å². The van der Waals surface area contributed by atoms with Gasteiger partial charge in [-0.2, -0.15) is 0 Å². The number of benzene rings is 1. The Balaban J connectivity index is 2.14. The van der Waals surface area contributed by atoms with Crippen LogP contribution in [0.5, 0.6) is 0 Å². The summed E-state index contributed by atoms with van der Waals surface area (Å²) in [5.74, 6) is 2.09. The molecule has 0 saturated heterocycles. The van der Waals surface area contributed by atoms with Crippen molar-refractivity contribution in [1.82, 2.24) is 0 Å². The van der Waals surface area contributed by atoms with Gasteiger partial charge in [-0.1, -0.05) is 51.1 Å². The molecule has 1 heteroatoms. The average Bonchev–Trinajstić information content (AvgIpc) is 2.80. The molecule has 0 spiro atoms. The van der Waals surface area contributed by atoms with Crippen LogP contribution in [0.25, 0.3) is 0 Å². The maximum absolute atomic E-state index is 5.82. The van der Waals surface area contributed by atoms with Gasteiger partial charge in [0.15, 0.2) is 0 Å². The third kappa shape index (κ3) is 1.69. The van der Waals surface area contributed by atoms with E-state index in [0.717, 1.165) is 12.5 Å². The van der Waals surface area contributed by atoms with Crippen LogP contribution in [0.4, 0.5) is 0 Å². The highest BCUT2D eigenvalue weighted by atomic mass is 14.7. The van der Waals surface area contributed by atoms with Crippen LogP contribution in [0.1, 0.15) is 32.3 Å². The molecular weight excluding hydrogens is 182 g/mol. The Morgan fingerprint density at radius 2 is 1.87 bits per heavy atom. The smallest absolute Gasteiger partial charge is 0.00406 e. The van der Waals surface area contributed by atoms with Gasteiger partial charge in [0, 0.05) is 0 Å². The Labute approximate surface area is 92.7 Å². The second-order valence-electron chi connectivity index (χ2n) is 5.39. The first kappa shape index (κ1) is 10.7. The van der Waals surface area contributed by atoms with Crippen molar-refractivity contribution in [2.24, 2.45) is 23.0 Å². The minimum atomic E-state index is 0.435. The maximum atomic E-state index is 5.82. The Morgan fingerprint density at radius 3 is 2.33 bits per heavy atom. The highest BCUT2D eigenvalue weighted by molar-refractivity contribution is 5.24. The standard InChI is InChI=1S/C14H21N/c1-10(11-7-5-4-6-8-11)13-12(9-15)14(13,2)3/h4-8,10,12-13H,9,15H2,1-3H3/t10?,12-,13-/m1/s1. The number of nitrogens with two attached hydrogens (primary N) is 1. The van der Waals surface area contributed by atoms with E-state index >= 15 is 0 Å². The van der Waals surface area contributed by atoms with Gasteiger partial charge in [0.1, 0.15) is 0 Å². The molecule has 0 aliphatic heterocycles. The van der Waals surface area contributed by atoms with Crippen molar-refractivity contribution >= 4 is 0 Å². The molecule has 0 aromatic heterocycles. The minimum absolute atomic E-state index is 0.435. The number of hydrogen-bond donors (Lipinski definition) is 1. The molecule has 0 radical (unpaired) electrons. The van der Waals surface area contributed by atoms with Crippen LogP contribution in [0.15, 0.2) is 30.3 Å². The molecule has 0 amide bonds. The topological polar surface area (TPSA) is 26.0 Å². The summed E-state index contributed by atoms with van der Waals surface area (Å²) in [5.41, 5.74) is 7.70. The van der Waals surface area contributed by atoms with E-state index in [1.165, 1.54) is 5.56 Å². The first-order chi connectivity index (χ1) is 7.09. The quantitative estimate of drug-likeness (QED) is 0.803. The molecule has 15 heavy (non-hydrogen) atoms. The summed E-state index contributed by atoms with van der Waals surface area (Å²) in [6, 6.07) is 10.8. The molecule has 2 N–H and O–H groups in total. The lowest BCUT2D eigenvalue weighted by Gasteiger charge is -2.13. The fourth-order valence-electron chi connectivity index (χ4n) is 3.19. The van der Waals surface area contributed by atoms with Crippen molar-refractivity contribution in [3.8, 4) is 0 Å². The Bertz CT molecular complexity index is 328. The zero-order valence-electron chi connectivity index (χ0n) is 9.90. The van der Waals surface area contributed by atoms with Crippen LogP contribution in [0, 0.1) is 17.3 Å². The Hall–Kier alpha value is -0.820. The van der Waals surface area contributed by atoms with E-state index in [4.69, 9.17) is 5.73 Å². The third-order valence-electron chi connectivity index (χ3n) is 4.26. The Kier molecular flexibility index (Phi) is 2.59. The van der Waals surface area contributed by atoms with Crippen molar-refractivity contribution in [3.05, 3.63) is 35.9 Å². The molecule has 1 aliphatic carbocycles. The van der Waals surface area contributed by atoms with Crippen LogP contribution in [-0.2, 0) is 0 Å². The van der Waals surface area contributed by atoms with E-state index in [0.29, 0.717) is 17.3 Å². The van der Waals surface area contributed by atoms with Crippen LogP contribution in [-0.4, -0.2) is 6.54 Å². The zero-order valence-corrected chi connectivity index (χ0v) is 9.90. The molecule has 1 saturated carbocycles. The fraction of sp³-hybridized carbons (Fsp3) is 0.571.